The molecule has 0 aliphatic carbocycles. The van der Waals surface area contributed by atoms with Crippen LogP contribution in [0.5, 0.6) is 0 Å². The number of carbonyl (C=O) groups is 1. The van der Waals surface area contributed by atoms with Gasteiger partial charge in [-0.2, -0.15) is 0 Å². The highest BCUT2D eigenvalue weighted by molar-refractivity contribution is 9.10. The summed E-state index contributed by atoms with van der Waals surface area (Å²) in [5, 5.41) is 3.39. The van der Waals surface area contributed by atoms with E-state index in [2.05, 4.69) is 28.2 Å². The molecule has 0 aromatic heterocycles. The molecule has 104 valence electrons. The Morgan fingerprint density at radius 2 is 2.11 bits per heavy atom. The van der Waals surface area contributed by atoms with Crippen molar-refractivity contribution in [3.05, 3.63) is 28.2 Å². The lowest BCUT2D eigenvalue weighted by molar-refractivity contribution is -0.123. The Labute approximate surface area is 123 Å². The number of amides is 1. The predicted molar refractivity (Wildman–Crippen MR) is 82.5 cm³/mol. The van der Waals surface area contributed by atoms with Gasteiger partial charge in [-0.25, -0.2) is 0 Å². The molecule has 1 atom stereocenters. The second kappa shape index (κ2) is 5.25. The highest BCUT2D eigenvalue weighted by Crippen LogP contribution is 2.27. The topological polar surface area (TPSA) is 32.3 Å². The van der Waals surface area contributed by atoms with E-state index in [0.717, 1.165) is 23.1 Å². The number of aryl methyl sites for hydroxylation is 1. The van der Waals surface area contributed by atoms with Gasteiger partial charge in [0.25, 0.3) is 0 Å². The normalized spacial score (nSPS) is 23.3. The summed E-state index contributed by atoms with van der Waals surface area (Å²) in [4.78, 5) is 14.5. The van der Waals surface area contributed by atoms with Gasteiger partial charge in [0.05, 0.1) is 5.54 Å². The maximum absolute atomic E-state index is 12.7. The van der Waals surface area contributed by atoms with Crippen LogP contribution in [0.2, 0.25) is 0 Å². The first-order valence-corrected chi connectivity index (χ1v) is 7.46. The molecule has 3 nitrogen and oxygen atoms in total. The molecule has 1 amide bonds. The average molecular weight is 325 g/mol. The molecule has 0 bridgehead atoms. The van der Waals surface area contributed by atoms with E-state index < -0.39 is 5.54 Å². The van der Waals surface area contributed by atoms with Gasteiger partial charge in [0.15, 0.2) is 0 Å². The highest BCUT2D eigenvalue weighted by Gasteiger charge is 2.36. The zero-order valence-electron chi connectivity index (χ0n) is 12.0. The van der Waals surface area contributed by atoms with Crippen LogP contribution in [-0.4, -0.2) is 24.0 Å². The maximum atomic E-state index is 12.7. The number of carbonyl (C=O) groups excluding carboxylic acids is 1. The van der Waals surface area contributed by atoms with Crippen LogP contribution in [0, 0.1) is 6.92 Å². The van der Waals surface area contributed by atoms with Gasteiger partial charge in [0.2, 0.25) is 5.91 Å². The van der Waals surface area contributed by atoms with Crippen LogP contribution >= 0.6 is 15.9 Å². The number of benzene rings is 1. The van der Waals surface area contributed by atoms with E-state index in [0.29, 0.717) is 6.04 Å². The van der Waals surface area contributed by atoms with Crippen LogP contribution in [-0.2, 0) is 4.79 Å². The van der Waals surface area contributed by atoms with Crippen LogP contribution in [0.3, 0.4) is 0 Å². The van der Waals surface area contributed by atoms with E-state index in [4.69, 9.17) is 0 Å². The van der Waals surface area contributed by atoms with E-state index in [1.165, 1.54) is 5.56 Å². The molecule has 1 fully saturated rings. The van der Waals surface area contributed by atoms with Crippen LogP contribution in [0.4, 0.5) is 5.69 Å². The molecular weight excluding hydrogens is 304 g/mol. The largest absolute Gasteiger partial charge is 0.311 e. The Bertz CT molecular complexity index is 499. The van der Waals surface area contributed by atoms with Crippen molar-refractivity contribution in [1.29, 1.82) is 0 Å². The first-order chi connectivity index (χ1) is 8.81. The molecule has 1 aliphatic rings. The Morgan fingerprint density at radius 1 is 1.42 bits per heavy atom. The third kappa shape index (κ3) is 3.00. The molecule has 0 radical (unpaired) electrons. The smallest absolute Gasteiger partial charge is 0.246 e. The number of hydrogen-bond donors (Lipinski definition) is 1. The zero-order valence-corrected chi connectivity index (χ0v) is 13.5. The van der Waals surface area contributed by atoms with Crippen molar-refractivity contribution in [2.24, 2.45) is 0 Å². The van der Waals surface area contributed by atoms with Crippen LogP contribution in [0.15, 0.2) is 22.7 Å². The van der Waals surface area contributed by atoms with Crippen LogP contribution < -0.4 is 10.2 Å². The number of anilines is 1. The van der Waals surface area contributed by atoms with E-state index >= 15 is 0 Å². The number of rotatable bonds is 1. The fraction of sp³-hybridized carbons (Fsp3) is 0.533. The molecule has 1 aromatic rings. The Kier molecular flexibility index (Phi) is 4.02. The molecule has 1 unspecified atom stereocenters. The number of hydrogen-bond acceptors (Lipinski definition) is 2. The van der Waals surface area contributed by atoms with Gasteiger partial charge in [-0.3, -0.25) is 4.79 Å². The Balaban J connectivity index is 2.36. The number of halogens is 1. The molecule has 1 heterocycles. The minimum Gasteiger partial charge on any atom is -0.311 e. The second-order valence-electron chi connectivity index (χ2n) is 5.85. The molecule has 19 heavy (non-hydrogen) atoms. The Hall–Kier alpha value is -0.870. The first-order valence-electron chi connectivity index (χ1n) is 6.67. The van der Waals surface area contributed by atoms with Gasteiger partial charge in [0.1, 0.15) is 0 Å². The monoisotopic (exact) mass is 324 g/mol. The molecule has 4 heteroatoms. The minimum absolute atomic E-state index is 0.132. The summed E-state index contributed by atoms with van der Waals surface area (Å²) in [6.45, 7) is 8.84. The van der Waals surface area contributed by atoms with Gasteiger partial charge in [-0.05, 0) is 51.8 Å². The molecule has 2 rings (SSSR count). The van der Waals surface area contributed by atoms with Crippen molar-refractivity contribution in [1.82, 2.24) is 5.32 Å². The minimum atomic E-state index is -0.521. The van der Waals surface area contributed by atoms with Crippen molar-refractivity contribution >= 4 is 27.5 Å². The molecule has 0 saturated carbocycles. The molecule has 1 aromatic carbocycles. The fourth-order valence-corrected chi connectivity index (χ4v) is 2.87. The fourth-order valence-electron chi connectivity index (χ4n) is 2.51. The summed E-state index contributed by atoms with van der Waals surface area (Å²) in [7, 11) is 0. The Morgan fingerprint density at radius 3 is 2.74 bits per heavy atom. The van der Waals surface area contributed by atoms with Gasteiger partial charge in [0, 0.05) is 22.7 Å². The van der Waals surface area contributed by atoms with Crippen molar-refractivity contribution in [3.8, 4) is 0 Å². The van der Waals surface area contributed by atoms with Gasteiger partial charge in [-0.1, -0.05) is 22.0 Å². The summed E-state index contributed by atoms with van der Waals surface area (Å²) in [5.41, 5.74) is 1.62. The van der Waals surface area contributed by atoms with Crippen LogP contribution in [0.25, 0.3) is 0 Å². The predicted octanol–water partition coefficient (Wildman–Crippen LogP) is 3.25. The zero-order chi connectivity index (χ0) is 14.2. The van der Waals surface area contributed by atoms with Crippen LogP contribution in [0.1, 0.15) is 32.8 Å². The molecular formula is C15H21BrN2O. The first kappa shape index (κ1) is 14.5. The van der Waals surface area contributed by atoms with E-state index in [1.807, 2.05) is 43.9 Å². The molecule has 0 spiro atoms. The second-order valence-corrected chi connectivity index (χ2v) is 6.70. The van der Waals surface area contributed by atoms with Crippen molar-refractivity contribution < 1.29 is 4.79 Å². The van der Waals surface area contributed by atoms with Crippen molar-refractivity contribution in [2.75, 3.05) is 11.4 Å². The lowest BCUT2D eigenvalue weighted by Gasteiger charge is -2.30. The van der Waals surface area contributed by atoms with Crippen molar-refractivity contribution in [3.63, 3.8) is 0 Å². The highest BCUT2D eigenvalue weighted by atomic mass is 79.9. The molecule has 1 saturated heterocycles. The lowest BCUT2D eigenvalue weighted by atomic mass is 10.0. The number of nitrogens with zero attached hydrogens (tertiary/aromatic N) is 1. The third-order valence-electron chi connectivity index (χ3n) is 3.64. The standard InChI is InChI=1S/C15H21BrN2O/c1-10-5-6-12(9-13(10)16)18-8-7-11(2)17-15(3,4)14(18)19/h5-6,9,11,17H,7-8H2,1-4H3. The van der Waals surface area contributed by atoms with E-state index in [9.17, 15) is 4.79 Å². The SMILES string of the molecule is Cc1ccc(N2CCC(C)NC(C)(C)C2=O)cc1Br. The summed E-state index contributed by atoms with van der Waals surface area (Å²) < 4.78 is 1.04. The average Bonchev–Trinajstić information content (AvgIpc) is 2.41. The van der Waals surface area contributed by atoms with E-state index in [1.54, 1.807) is 0 Å². The number of nitrogens with one attached hydrogen (secondary N) is 1. The molecule has 1 aliphatic heterocycles. The van der Waals surface area contributed by atoms with Gasteiger partial charge in [-0.15, -0.1) is 0 Å². The quantitative estimate of drug-likeness (QED) is 0.860. The lowest BCUT2D eigenvalue weighted by Crippen LogP contribution is -2.53. The summed E-state index contributed by atoms with van der Waals surface area (Å²) in [6, 6.07) is 6.43. The summed E-state index contributed by atoms with van der Waals surface area (Å²) in [6.07, 6.45) is 0.959. The van der Waals surface area contributed by atoms with Crippen molar-refractivity contribution in [2.45, 2.75) is 45.7 Å². The molecule has 1 N–H and O–H groups in total. The van der Waals surface area contributed by atoms with Gasteiger partial charge >= 0.3 is 0 Å². The summed E-state index contributed by atoms with van der Waals surface area (Å²) >= 11 is 3.54. The van der Waals surface area contributed by atoms with E-state index in [-0.39, 0.29) is 5.91 Å². The third-order valence-corrected chi connectivity index (χ3v) is 4.49. The maximum Gasteiger partial charge on any atom is 0.246 e. The van der Waals surface area contributed by atoms with Gasteiger partial charge < -0.3 is 10.2 Å². The summed E-state index contributed by atoms with van der Waals surface area (Å²) in [5.74, 6) is 0.132.